The van der Waals surface area contributed by atoms with Crippen molar-refractivity contribution in [1.82, 2.24) is 14.5 Å². The van der Waals surface area contributed by atoms with E-state index in [0.717, 1.165) is 78.4 Å². The van der Waals surface area contributed by atoms with Crippen LogP contribution in [-0.2, 0) is 32.9 Å². The summed E-state index contributed by atoms with van der Waals surface area (Å²) in [6, 6.07) is 46.9. The molecule has 0 atom stereocenters. The van der Waals surface area contributed by atoms with Crippen LogP contribution < -0.4 is 4.74 Å². The largest absolute Gasteiger partial charge is 2.00 e. The van der Waals surface area contributed by atoms with Gasteiger partial charge in [-0.15, -0.1) is 17.5 Å². The van der Waals surface area contributed by atoms with Gasteiger partial charge in [0, 0.05) is 34.8 Å². The van der Waals surface area contributed by atoms with Gasteiger partial charge in [0.2, 0.25) is 0 Å². The van der Waals surface area contributed by atoms with E-state index in [9.17, 15) is 0 Å². The molecule has 6 heteroatoms. The number of pyridine rings is 2. The third kappa shape index (κ3) is 6.98. The van der Waals surface area contributed by atoms with Crippen molar-refractivity contribution in [2.75, 3.05) is 0 Å². The van der Waals surface area contributed by atoms with E-state index in [1.165, 1.54) is 11.1 Å². The maximum atomic E-state index is 6.71. The van der Waals surface area contributed by atoms with Gasteiger partial charge in [-0.1, -0.05) is 143 Å². The number of rotatable bonds is 6. The molecule has 0 saturated carbocycles. The standard InChI is InChI=1S/C49H41N3O2.Pt/c1-48(2,3)29-31-16-21-42(51-30-31)41-27-36(26-40-39-19-17-33(24-45(39)54-47(40)41)32-12-8-7-9-13-32)53-35-18-20-38-37-14-10-11-15-43(37)52(44(38)28-35)46-25-34(22-23-50-46)49(4,5)6;/h7-26,30H,29H2,1-6H3;/q-2;+2. The van der Waals surface area contributed by atoms with Crippen molar-refractivity contribution < 1.29 is 30.2 Å². The number of fused-ring (bicyclic) bond motifs is 6. The molecule has 0 saturated heterocycles. The van der Waals surface area contributed by atoms with Gasteiger partial charge in [0.15, 0.2) is 0 Å². The van der Waals surface area contributed by atoms with Crippen LogP contribution in [0.4, 0.5) is 0 Å². The zero-order valence-corrected chi connectivity index (χ0v) is 34.1. The summed E-state index contributed by atoms with van der Waals surface area (Å²) in [6.07, 6.45) is 4.79. The minimum atomic E-state index is -0.0250. The van der Waals surface area contributed by atoms with Crippen LogP contribution in [0.25, 0.3) is 71.9 Å². The molecule has 274 valence electrons. The number of nitrogens with zero attached hydrogens (tertiary/aromatic N) is 3. The summed E-state index contributed by atoms with van der Waals surface area (Å²) in [5.41, 5.74) is 9.76. The predicted molar refractivity (Wildman–Crippen MR) is 221 cm³/mol. The van der Waals surface area contributed by atoms with Gasteiger partial charge < -0.3 is 18.7 Å². The Morgan fingerprint density at radius 2 is 1.45 bits per heavy atom. The summed E-state index contributed by atoms with van der Waals surface area (Å²) < 4.78 is 15.6. The van der Waals surface area contributed by atoms with Crippen LogP contribution in [0.15, 0.2) is 132 Å². The first kappa shape index (κ1) is 36.5. The molecule has 0 spiro atoms. The Kier molecular flexibility index (Phi) is 9.26. The fraction of sp³-hybridized carbons (Fsp3) is 0.184. The molecule has 0 unspecified atom stereocenters. The van der Waals surface area contributed by atoms with Gasteiger partial charge >= 0.3 is 21.1 Å². The normalized spacial score (nSPS) is 12.1. The molecule has 4 aromatic heterocycles. The van der Waals surface area contributed by atoms with E-state index in [1.54, 1.807) is 0 Å². The van der Waals surface area contributed by atoms with Crippen LogP contribution >= 0.6 is 0 Å². The Morgan fingerprint density at radius 3 is 2.22 bits per heavy atom. The van der Waals surface area contributed by atoms with E-state index in [0.29, 0.717) is 11.5 Å². The molecule has 55 heavy (non-hydrogen) atoms. The van der Waals surface area contributed by atoms with Crippen molar-refractivity contribution in [2.24, 2.45) is 5.41 Å². The van der Waals surface area contributed by atoms with Crippen LogP contribution in [0.3, 0.4) is 0 Å². The molecule has 9 aromatic rings. The minimum Gasteiger partial charge on any atom is -0.503 e. The quantitative estimate of drug-likeness (QED) is 0.156. The van der Waals surface area contributed by atoms with Crippen molar-refractivity contribution in [3.05, 3.63) is 151 Å². The summed E-state index contributed by atoms with van der Waals surface area (Å²) in [6.45, 7) is 13.4. The Bertz CT molecular complexity index is 2840. The number of para-hydroxylation sites is 1. The Labute approximate surface area is 336 Å². The third-order valence-electron chi connectivity index (χ3n) is 10.0. The first-order valence-electron chi connectivity index (χ1n) is 18.5. The summed E-state index contributed by atoms with van der Waals surface area (Å²) in [4.78, 5) is 9.78. The number of benzene rings is 5. The van der Waals surface area contributed by atoms with Crippen LogP contribution in [0.1, 0.15) is 52.7 Å². The molecule has 0 fully saturated rings. The second-order valence-electron chi connectivity index (χ2n) is 16.4. The summed E-state index contributed by atoms with van der Waals surface area (Å²) in [7, 11) is 0. The summed E-state index contributed by atoms with van der Waals surface area (Å²) in [5, 5.41) is 4.15. The van der Waals surface area contributed by atoms with Gasteiger partial charge in [-0.3, -0.25) is 0 Å². The van der Waals surface area contributed by atoms with Crippen LogP contribution in [0, 0.1) is 17.5 Å². The average molecular weight is 899 g/mol. The summed E-state index contributed by atoms with van der Waals surface area (Å²) >= 11 is 0. The first-order valence-corrected chi connectivity index (χ1v) is 18.5. The maximum absolute atomic E-state index is 6.71. The van der Waals surface area contributed by atoms with Crippen molar-refractivity contribution in [2.45, 2.75) is 53.4 Å². The number of hydrogen-bond acceptors (Lipinski definition) is 4. The maximum Gasteiger partial charge on any atom is 2.00 e. The molecule has 5 aromatic carbocycles. The van der Waals surface area contributed by atoms with Crippen LogP contribution in [0.5, 0.6) is 11.5 Å². The van der Waals surface area contributed by atoms with Crippen molar-refractivity contribution in [3.63, 3.8) is 0 Å². The summed E-state index contributed by atoms with van der Waals surface area (Å²) in [5.74, 6) is 1.98. The van der Waals surface area contributed by atoms with E-state index in [-0.39, 0.29) is 31.9 Å². The fourth-order valence-electron chi connectivity index (χ4n) is 7.42. The zero-order valence-electron chi connectivity index (χ0n) is 31.8. The molecule has 0 radical (unpaired) electrons. The molecule has 4 heterocycles. The monoisotopic (exact) mass is 898 g/mol. The number of aromatic nitrogens is 3. The topological polar surface area (TPSA) is 53.1 Å². The van der Waals surface area contributed by atoms with Crippen molar-refractivity contribution in [1.29, 1.82) is 0 Å². The van der Waals surface area contributed by atoms with Crippen molar-refractivity contribution >= 4 is 43.7 Å². The van der Waals surface area contributed by atoms with Gasteiger partial charge in [-0.05, 0) is 74.9 Å². The van der Waals surface area contributed by atoms with E-state index in [4.69, 9.17) is 19.1 Å². The molecular formula is C49H41N3O2Pt. The second-order valence-corrected chi connectivity index (χ2v) is 16.4. The van der Waals surface area contributed by atoms with E-state index >= 15 is 0 Å². The SMILES string of the molecule is CC(C)(C)Cc1ccc(-c2[c-]c(Oc3[c-]c4c(cc3)c3ccccc3n4-c3cc(C(C)(C)C)ccn3)cc3c2oc2cc(-c4ccccc4)ccc23)nc1.[Pt+2]. The van der Waals surface area contributed by atoms with Crippen molar-refractivity contribution in [3.8, 4) is 39.7 Å². The van der Waals surface area contributed by atoms with Crippen LogP contribution in [-0.4, -0.2) is 14.5 Å². The zero-order chi connectivity index (χ0) is 37.2. The smallest absolute Gasteiger partial charge is 0.503 e. The van der Waals surface area contributed by atoms with E-state index in [1.807, 2.05) is 30.6 Å². The third-order valence-corrected chi connectivity index (χ3v) is 10.0. The molecule has 0 aliphatic rings. The molecule has 0 amide bonds. The van der Waals surface area contributed by atoms with E-state index < -0.39 is 0 Å². The molecule has 0 aliphatic carbocycles. The Hall–Kier alpha value is -5.51. The average Bonchev–Trinajstić information content (AvgIpc) is 3.69. The molecule has 0 bridgehead atoms. The molecule has 0 N–H and O–H groups in total. The fourth-order valence-corrected chi connectivity index (χ4v) is 7.42. The van der Waals surface area contributed by atoms with E-state index in [2.05, 4.69) is 155 Å². The molecule has 0 aliphatic heterocycles. The predicted octanol–water partition coefficient (Wildman–Crippen LogP) is 13.1. The molecule has 9 rings (SSSR count). The van der Waals surface area contributed by atoms with Gasteiger partial charge in [-0.2, -0.15) is 6.07 Å². The van der Waals surface area contributed by atoms with Gasteiger partial charge in [0.05, 0.1) is 5.58 Å². The minimum absolute atomic E-state index is 0. The number of furan rings is 1. The first-order chi connectivity index (χ1) is 26.0. The Morgan fingerprint density at radius 1 is 0.673 bits per heavy atom. The molecular weight excluding hydrogens is 858 g/mol. The molecule has 5 nitrogen and oxygen atoms in total. The number of ether oxygens (including phenoxy) is 1. The van der Waals surface area contributed by atoms with Gasteiger partial charge in [-0.25, -0.2) is 4.98 Å². The van der Waals surface area contributed by atoms with Gasteiger partial charge in [0.1, 0.15) is 11.4 Å². The Balaban J connectivity index is 0.00000427. The second kappa shape index (κ2) is 14.0. The van der Waals surface area contributed by atoms with Gasteiger partial charge in [0.25, 0.3) is 0 Å². The number of hydrogen-bond donors (Lipinski definition) is 0. The van der Waals surface area contributed by atoms with Crippen LogP contribution in [0.2, 0.25) is 0 Å².